The van der Waals surface area contributed by atoms with E-state index in [9.17, 15) is 5.11 Å². The van der Waals surface area contributed by atoms with Gasteiger partial charge in [0.25, 0.3) is 0 Å². The minimum atomic E-state index is -0.165. The molecule has 0 unspecified atom stereocenters. The van der Waals surface area contributed by atoms with Crippen molar-refractivity contribution in [2.24, 2.45) is 11.8 Å². The number of hydrogen-bond donors (Lipinski definition) is 1. The molecule has 2 fully saturated rings. The average Bonchev–Trinajstić information content (AvgIpc) is 3.05. The molecule has 4 rings (SSSR count). The smallest absolute Gasteiger partial charge is 0.140 e. The summed E-state index contributed by atoms with van der Waals surface area (Å²) in [6, 6.07) is 6.78. The van der Waals surface area contributed by atoms with Gasteiger partial charge in [0.15, 0.2) is 0 Å². The van der Waals surface area contributed by atoms with Gasteiger partial charge in [-0.3, -0.25) is 0 Å². The maximum Gasteiger partial charge on any atom is 0.140 e. The van der Waals surface area contributed by atoms with Crippen LogP contribution in [-0.4, -0.2) is 33.8 Å². The number of fused-ring (bicyclic) bond motifs is 1. The van der Waals surface area contributed by atoms with Crippen molar-refractivity contribution in [2.45, 2.75) is 58.1 Å². The van der Waals surface area contributed by atoms with Gasteiger partial charge in [0.2, 0.25) is 0 Å². The third-order valence-electron chi connectivity index (χ3n) is 5.96. The molecule has 1 saturated carbocycles. The fraction of sp³-hybridized carbons (Fsp3) is 0.600. The molecule has 2 heterocycles. The van der Waals surface area contributed by atoms with E-state index in [1.807, 2.05) is 0 Å². The van der Waals surface area contributed by atoms with Crippen LogP contribution in [0.3, 0.4) is 0 Å². The number of aliphatic hydroxyl groups is 1. The van der Waals surface area contributed by atoms with Gasteiger partial charge in [-0.25, -0.2) is 9.97 Å². The van der Waals surface area contributed by atoms with Crippen LogP contribution in [0.25, 0.3) is 10.9 Å². The molecule has 1 aromatic carbocycles. The van der Waals surface area contributed by atoms with Gasteiger partial charge in [-0.2, -0.15) is 0 Å². The highest BCUT2D eigenvalue weighted by Gasteiger charge is 2.39. The molecule has 1 N–H and O–H groups in total. The number of aliphatic hydroxyl groups excluding tert-OH is 1. The number of hydrogen-bond acceptors (Lipinski definition) is 4. The van der Waals surface area contributed by atoms with Crippen LogP contribution >= 0.6 is 0 Å². The number of aryl methyl sites for hydroxylation is 1. The largest absolute Gasteiger partial charge is 0.393 e. The lowest BCUT2D eigenvalue weighted by molar-refractivity contribution is 0.0390. The Labute approximate surface area is 143 Å². The van der Waals surface area contributed by atoms with Gasteiger partial charge in [-0.15, -0.1) is 0 Å². The maximum absolute atomic E-state index is 10.6. The molecule has 1 aliphatic heterocycles. The Morgan fingerprint density at radius 2 is 2.04 bits per heavy atom. The van der Waals surface area contributed by atoms with E-state index in [2.05, 4.69) is 46.9 Å². The maximum atomic E-state index is 10.6. The molecule has 1 aliphatic carbocycles. The van der Waals surface area contributed by atoms with Gasteiger partial charge in [0, 0.05) is 23.9 Å². The lowest BCUT2D eigenvalue weighted by Gasteiger charge is -2.40. The van der Waals surface area contributed by atoms with E-state index < -0.39 is 0 Å². The van der Waals surface area contributed by atoms with Crippen molar-refractivity contribution in [1.82, 2.24) is 9.97 Å². The Bertz CT molecular complexity index is 732. The predicted molar refractivity (Wildman–Crippen MR) is 97.2 cm³/mol. The van der Waals surface area contributed by atoms with Gasteiger partial charge in [0.05, 0.1) is 11.6 Å². The average molecular weight is 325 g/mol. The highest BCUT2D eigenvalue weighted by molar-refractivity contribution is 5.90. The van der Waals surface area contributed by atoms with Crippen LogP contribution < -0.4 is 4.90 Å². The summed E-state index contributed by atoms with van der Waals surface area (Å²) in [6.07, 6.45) is 7.08. The number of benzene rings is 1. The summed E-state index contributed by atoms with van der Waals surface area (Å²) >= 11 is 0. The molecule has 4 atom stereocenters. The summed E-state index contributed by atoms with van der Waals surface area (Å²) in [4.78, 5) is 11.5. The summed E-state index contributed by atoms with van der Waals surface area (Å²) in [5.74, 6) is 2.13. The third kappa shape index (κ3) is 2.77. The van der Waals surface area contributed by atoms with Crippen LogP contribution in [0.2, 0.25) is 0 Å². The first-order valence-corrected chi connectivity index (χ1v) is 9.29. The van der Waals surface area contributed by atoms with E-state index in [-0.39, 0.29) is 6.10 Å². The van der Waals surface area contributed by atoms with Gasteiger partial charge in [-0.1, -0.05) is 18.6 Å². The van der Waals surface area contributed by atoms with Crippen LogP contribution in [0.5, 0.6) is 0 Å². The van der Waals surface area contributed by atoms with Crippen molar-refractivity contribution in [2.75, 3.05) is 11.4 Å². The first kappa shape index (κ1) is 15.8. The Hall–Kier alpha value is -1.68. The van der Waals surface area contributed by atoms with Gasteiger partial charge < -0.3 is 10.0 Å². The zero-order chi connectivity index (χ0) is 16.7. The summed E-state index contributed by atoms with van der Waals surface area (Å²) in [5, 5.41) is 11.8. The van der Waals surface area contributed by atoms with Crippen molar-refractivity contribution in [3.63, 3.8) is 0 Å². The lowest BCUT2D eigenvalue weighted by atomic mass is 9.76. The first-order valence-electron chi connectivity index (χ1n) is 9.29. The topological polar surface area (TPSA) is 49.2 Å². The highest BCUT2D eigenvalue weighted by Crippen LogP contribution is 2.39. The standard InChI is InChI=1S/C20H27N3O/c1-13-5-7-17-15(10-13)20(22-12-21-17)23-9-3-4-18(23)16-11-14(2)6-8-19(16)24/h5,7,10,12,14,16,18-19,24H,3-4,6,8-9,11H2,1-2H3/t14-,16-,18+,19+/m0/s1. The molecule has 0 amide bonds. The minimum Gasteiger partial charge on any atom is -0.393 e. The van der Waals surface area contributed by atoms with E-state index in [0.29, 0.717) is 17.9 Å². The lowest BCUT2D eigenvalue weighted by Crippen LogP contribution is -2.44. The zero-order valence-electron chi connectivity index (χ0n) is 14.7. The van der Waals surface area contributed by atoms with E-state index in [1.54, 1.807) is 6.33 Å². The fourth-order valence-electron chi connectivity index (χ4n) is 4.71. The molecule has 1 saturated heterocycles. The van der Waals surface area contributed by atoms with E-state index >= 15 is 0 Å². The normalized spacial score (nSPS) is 30.9. The molecule has 1 aromatic heterocycles. The molecule has 4 heteroatoms. The van der Waals surface area contributed by atoms with Crippen molar-refractivity contribution < 1.29 is 5.11 Å². The second-order valence-electron chi connectivity index (χ2n) is 7.77. The van der Waals surface area contributed by atoms with Crippen LogP contribution in [-0.2, 0) is 0 Å². The van der Waals surface area contributed by atoms with Crippen LogP contribution in [0.1, 0.15) is 44.6 Å². The van der Waals surface area contributed by atoms with E-state index in [0.717, 1.165) is 48.9 Å². The zero-order valence-corrected chi connectivity index (χ0v) is 14.7. The number of aromatic nitrogens is 2. The van der Waals surface area contributed by atoms with Crippen molar-refractivity contribution in [1.29, 1.82) is 0 Å². The van der Waals surface area contributed by atoms with Crippen molar-refractivity contribution in [3.8, 4) is 0 Å². The molecule has 128 valence electrons. The summed E-state index contributed by atoms with van der Waals surface area (Å²) in [6.45, 7) is 5.47. The second kappa shape index (κ2) is 6.32. The van der Waals surface area contributed by atoms with Crippen molar-refractivity contribution in [3.05, 3.63) is 30.1 Å². The quantitative estimate of drug-likeness (QED) is 0.914. The Balaban J connectivity index is 1.71. The molecule has 4 nitrogen and oxygen atoms in total. The fourth-order valence-corrected chi connectivity index (χ4v) is 4.71. The molecule has 24 heavy (non-hydrogen) atoms. The molecular weight excluding hydrogens is 298 g/mol. The van der Waals surface area contributed by atoms with E-state index in [1.165, 1.54) is 12.0 Å². The molecule has 2 aliphatic rings. The number of nitrogens with zero attached hydrogens (tertiary/aromatic N) is 3. The van der Waals surface area contributed by atoms with Crippen LogP contribution in [0, 0.1) is 18.8 Å². The minimum absolute atomic E-state index is 0.165. The second-order valence-corrected chi connectivity index (χ2v) is 7.77. The SMILES string of the molecule is Cc1ccc2ncnc(N3CCC[C@@H]3[C@@H]3C[C@@H](C)CC[C@H]3O)c2c1. The van der Waals surface area contributed by atoms with Gasteiger partial charge >= 0.3 is 0 Å². The molecule has 0 radical (unpaired) electrons. The predicted octanol–water partition coefficient (Wildman–Crippen LogP) is 3.70. The Kier molecular flexibility index (Phi) is 4.17. The molecule has 0 bridgehead atoms. The monoisotopic (exact) mass is 325 g/mol. The van der Waals surface area contributed by atoms with E-state index in [4.69, 9.17) is 0 Å². The Morgan fingerprint density at radius 3 is 2.92 bits per heavy atom. The first-order chi connectivity index (χ1) is 11.6. The Morgan fingerprint density at radius 1 is 1.17 bits per heavy atom. The highest BCUT2D eigenvalue weighted by atomic mass is 16.3. The van der Waals surface area contributed by atoms with Crippen LogP contribution in [0.4, 0.5) is 5.82 Å². The van der Waals surface area contributed by atoms with Crippen LogP contribution in [0.15, 0.2) is 24.5 Å². The molecular formula is C20H27N3O. The molecule has 0 spiro atoms. The van der Waals surface area contributed by atoms with Gasteiger partial charge in [0.1, 0.15) is 12.1 Å². The van der Waals surface area contributed by atoms with Crippen molar-refractivity contribution >= 4 is 16.7 Å². The summed E-state index contributed by atoms with van der Waals surface area (Å²) < 4.78 is 0. The third-order valence-corrected chi connectivity index (χ3v) is 5.96. The number of anilines is 1. The summed E-state index contributed by atoms with van der Waals surface area (Å²) in [7, 11) is 0. The molecule has 2 aromatic rings. The number of rotatable bonds is 2. The van der Waals surface area contributed by atoms with Gasteiger partial charge in [-0.05, 0) is 57.1 Å². The summed E-state index contributed by atoms with van der Waals surface area (Å²) in [5.41, 5.74) is 2.24.